The van der Waals surface area contributed by atoms with Gasteiger partial charge in [-0.15, -0.1) is 0 Å². The van der Waals surface area contributed by atoms with Crippen molar-refractivity contribution in [3.8, 4) is 5.75 Å². The Kier molecular flexibility index (Phi) is 6.54. The topological polar surface area (TPSA) is 50.8 Å². The monoisotopic (exact) mass is 360 g/mol. The summed E-state index contributed by atoms with van der Waals surface area (Å²) in [5, 5.41) is 3.36. The molecule has 1 aromatic rings. The molecule has 0 saturated carbocycles. The minimum absolute atomic E-state index is 0.309. The largest absolute Gasteiger partial charge is 0.497 e. The van der Waals surface area contributed by atoms with Crippen molar-refractivity contribution in [3.05, 3.63) is 29.8 Å². The third kappa shape index (κ3) is 4.38. The molecular weight excluding hydrogens is 328 g/mol. The van der Waals surface area contributed by atoms with Gasteiger partial charge >= 0.3 is 0 Å². The van der Waals surface area contributed by atoms with Crippen molar-refractivity contribution in [3.63, 3.8) is 0 Å². The average Bonchev–Trinajstić information content (AvgIpc) is 2.69. The molecule has 0 aromatic heterocycles. The Labute approximate surface area is 157 Å². The maximum atomic E-state index is 13.2. The standard InChI is InChI=1S/C21H32N2O3/c1-25-16-21(9-11-22-12-10-21)20(24)23-13-7-18(8-14-23)15-17-3-5-19(26-2)6-4-17/h3-6,18,22H,7-16H2,1-2H3. The van der Waals surface area contributed by atoms with Crippen LogP contribution >= 0.6 is 0 Å². The number of nitrogens with zero attached hydrogens (tertiary/aromatic N) is 1. The van der Waals surface area contributed by atoms with Gasteiger partial charge in [-0.3, -0.25) is 4.79 Å². The average molecular weight is 360 g/mol. The van der Waals surface area contributed by atoms with Gasteiger partial charge < -0.3 is 19.7 Å². The molecule has 1 aromatic carbocycles. The van der Waals surface area contributed by atoms with Gasteiger partial charge in [-0.2, -0.15) is 0 Å². The van der Waals surface area contributed by atoms with Gasteiger partial charge in [0.05, 0.1) is 19.1 Å². The molecule has 144 valence electrons. The van der Waals surface area contributed by atoms with E-state index in [1.165, 1.54) is 5.56 Å². The fraction of sp³-hybridized carbons (Fsp3) is 0.667. The van der Waals surface area contributed by atoms with Crippen LogP contribution in [0.15, 0.2) is 24.3 Å². The summed E-state index contributed by atoms with van der Waals surface area (Å²) in [7, 11) is 3.40. The fourth-order valence-corrected chi connectivity index (χ4v) is 4.37. The van der Waals surface area contributed by atoms with E-state index in [0.29, 0.717) is 18.4 Å². The van der Waals surface area contributed by atoms with Crippen LogP contribution in [0, 0.1) is 11.3 Å². The summed E-state index contributed by atoms with van der Waals surface area (Å²) in [6, 6.07) is 8.36. The van der Waals surface area contributed by atoms with Crippen LogP contribution < -0.4 is 10.1 Å². The molecule has 0 spiro atoms. The van der Waals surface area contributed by atoms with Crippen molar-refractivity contribution in [1.82, 2.24) is 10.2 Å². The number of nitrogens with one attached hydrogen (secondary N) is 1. The number of amides is 1. The van der Waals surface area contributed by atoms with Gasteiger partial charge in [0.1, 0.15) is 5.75 Å². The molecule has 2 aliphatic heterocycles. The van der Waals surface area contributed by atoms with Crippen LogP contribution in [0.4, 0.5) is 0 Å². The fourth-order valence-electron chi connectivity index (χ4n) is 4.37. The van der Waals surface area contributed by atoms with Crippen molar-refractivity contribution in [2.24, 2.45) is 11.3 Å². The summed E-state index contributed by atoms with van der Waals surface area (Å²) in [6.45, 7) is 4.10. The molecule has 1 N–H and O–H groups in total. The molecule has 1 amide bonds. The van der Waals surface area contributed by atoms with Crippen molar-refractivity contribution in [1.29, 1.82) is 0 Å². The Bertz CT molecular complexity index is 568. The Hall–Kier alpha value is -1.59. The van der Waals surface area contributed by atoms with Crippen LogP contribution in [-0.4, -0.2) is 57.8 Å². The molecule has 5 nitrogen and oxygen atoms in total. The SMILES string of the molecule is COCC1(C(=O)N2CCC(Cc3ccc(OC)cc3)CC2)CCNCC1. The van der Waals surface area contributed by atoms with E-state index in [4.69, 9.17) is 9.47 Å². The highest BCUT2D eigenvalue weighted by Gasteiger charge is 2.42. The number of carbonyl (C=O) groups is 1. The highest BCUT2D eigenvalue weighted by atomic mass is 16.5. The van der Waals surface area contributed by atoms with E-state index in [2.05, 4.69) is 22.3 Å². The molecule has 2 heterocycles. The smallest absolute Gasteiger partial charge is 0.231 e. The zero-order valence-electron chi connectivity index (χ0n) is 16.1. The van der Waals surface area contributed by atoms with Crippen molar-refractivity contribution in [2.45, 2.75) is 32.1 Å². The minimum Gasteiger partial charge on any atom is -0.497 e. The first kappa shape index (κ1) is 19.2. The van der Waals surface area contributed by atoms with Gasteiger partial charge in [0.2, 0.25) is 5.91 Å². The number of hydrogen-bond acceptors (Lipinski definition) is 4. The van der Waals surface area contributed by atoms with Crippen LogP contribution in [0.5, 0.6) is 5.75 Å². The highest BCUT2D eigenvalue weighted by molar-refractivity contribution is 5.83. The molecular formula is C21H32N2O3. The number of hydrogen-bond donors (Lipinski definition) is 1. The number of carbonyl (C=O) groups excluding carboxylic acids is 1. The summed E-state index contributed by atoms with van der Waals surface area (Å²) < 4.78 is 10.7. The molecule has 3 rings (SSSR count). The number of ether oxygens (including phenoxy) is 2. The van der Waals surface area contributed by atoms with E-state index >= 15 is 0 Å². The molecule has 0 atom stereocenters. The molecule has 5 heteroatoms. The lowest BCUT2D eigenvalue weighted by Gasteiger charge is -2.42. The molecule has 2 saturated heterocycles. The normalized spacial score (nSPS) is 20.8. The highest BCUT2D eigenvalue weighted by Crippen LogP contribution is 2.33. The summed E-state index contributed by atoms with van der Waals surface area (Å²) in [5.41, 5.74) is 1.04. The Morgan fingerprint density at radius 2 is 1.81 bits per heavy atom. The second-order valence-corrected chi connectivity index (χ2v) is 7.75. The van der Waals surface area contributed by atoms with E-state index in [0.717, 1.165) is 64.0 Å². The molecule has 0 unspecified atom stereocenters. The summed E-state index contributed by atoms with van der Waals surface area (Å²) in [5.74, 6) is 1.86. The molecule has 0 radical (unpaired) electrons. The first-order valence-corrected chi connectivity index (χ1v) is 9.79. The maximum absolute atomic E-state index is 13.2. The predicted octanol–water partition coefficient (Wildman–Crippen LogP) is 2.49. The first-order valence-electron chi connectivity index (χ1n) is 9.79. The van der Waals surface area contributed by atoms with Crippen LogP contribution in [0.3, 0.4) is 0 Å². The number of likely N-dealkylation sites (tertiary alicyclic amines) is 1. The number of methoxy groups -OCH3 is 2. The molecule has 0 bridgehead atoms. The van der Waals surface area contributed by atoms with Crippen molar-refractivity contribution < 1.29 is 14.3 Å². The third-order valence-corrected chi connectivity index (χ3v) is 6.02. The van der Waals surface area contributed by atoms with Gasteiger partial charge in [0.15, 0.2) is 0 Å². The number of rotatable bonds is 6. The number of benzene rings is 1. The predicted molar refractivity (Wildman–Crippen MR) is 102 cm³/mol. The van der Waals surface area contributed by atoms with E-state index in [9.17, 15) is 4.79 Å². The van der Waals surface area contributed by atoms with Gasteiger partial charge in [-0.1, -0.05) is 12.1 Å². The van der Waals surface area contributed by atoms with Crippen LogP contribution in [-0.2, 0) is 16.0 Å². The van der Waals surface area contributed by atoms with Gasteiger partial charge in [0.25, 0.3) is 0 Å². The third-order valence-electron chi connectivity index (χ3n) is 6.02. The summed E-state index contributed by atoms with van der Waals surface area (Å²) in [4.78, 5) is 15.3. The van der Waals surface area contributed by atoms with E-state index < -0.39 is 0 Å². The summed E-state index contributed by atoms with van der Waals surface area (Å²) >= 11 is 0. The van der Waals surface area contributed by atoms with Crippen molar-refractivity contribution in [2.75, 3.05) is 47.0 Å². The van der Waals surface area contributed by atoms with Crippen LogP contribution in [0.1, 0.15) is 31.2 Å². The van der Waals surface area contributed by atoms with E-state index in [-0.39, 0.29) is 5.41 Å². The van der Waals surface area contributed by atoms with E-state index in [1.54, 1.807) is 14.2 Å². The second-order valence-electron chi connectivity index (χ2n) is 7.75. The first-order chi connectivity index (χ1) is 12.7. The van der Waals surface area contributed by atoms with Gasteiger partial charge in [-0.05, 0) is 68.8 Å². The second kappa shape index (κ2) is 8.87. The molecule has 26 heavy (non-hydrogen) atoms. The van der Waals surface area contributed by atoms with Crippen molar-refractivity contribution >= 4 is 5.91 Å². The maximum Gasteiger partial charge on any atom is 0.231 e. The van der Waals surface area contributed by atoms with Gasteiger partial charge in [0, 0.05) is 20.2 Å². The number of piperidine rings is 2. The quantitative estimate of drug-likeness (QED) is 0.847. The molecule has 2 aliphatic rings. The van der Waals surface area contributed by atoms with E-state index in [1.807, 2.05) is 12.1 Å². The zero-order chi connectivity index (χ0) is 18.4. The van der Waals surface area contributed by atoms with Gasteiger partial charge in [-0.25, -0.2) is 0 Å². The Morgan fingerprint density at radius 3 is 2.38 bits per heavy atom. The minimum atomic E-state index is -0.317. The lowest BCUT2D eigenvalue weighted by molar-refractivity contribution is -0.149. The van der Waals surface area contributed by atoms with Crippen LogP contribution in [0.25, 0.3) is 0 Å². The summed E-state index contributed by atoms with van der Waals surface area (Å²) in [6.07, 6.45) is 5.01. The van der Waals surface area contributed by atoms with Crippen LogP contribution in [0.2, 0.25) is 0 Å². The lowest BCUT2D eigenvalue weighted by atomic mass is 9.77. The zero-order valence-corrected chi connectivity index (χ0v) is 16.1. The molecule has 2 fully saturated rings. The Morgan fingerprint density at radius 1 is 1.15 bits per heavy atom. The lowest BCUT2D eigenvalue weighted by Crippen LogP contribution is -2.53. The Balaban J connectivity index is 1.54. The molecule has 0 aliphatic carbocycles.